The van der Waals surface area contributed by atoms with Crippen LogP contribution >= 0.6 is 0 Å². The lowest BCUT2D eigenvalue weighted by molar-refractivity contribution is -0.179. The Labute approximate surface area is 193 Å². The molecule has 10 heteroatoms. The summed E-state index contributed by atoms with van der Waals surface area (Å²) in [7, 11) is -3.48. The van der Waals surface area contributed by atoms with Crippen LogP contribution in [0.15, 0.2) is 42.5 Å². The fourth-order valence-electron chi connectivity index (χ4n) is 4.15. The number of rotatable bonds is 8. The van der Waals surface area contributed by atoms with E-state index in [-0.39, 0.29) is 37.1 Å². The molecule has 0 aromatic heterocycles. The second-order valence-corrected chi connectivity index (χ2v) is 10.3. The first-order chi connectivity index (χ1) is 15.9. The smallest absolute Gasteiger partial charge is 0.251 e. The van der Waals surface area contributed by atoms with Gasteiger partial charge in [-0.25, -0.2) is 12.7 Å². The molecule has 2 amide bonds. The van der Waals surface area contributed by atoms with E-state index in [1.54, 1.807) is 6.07 Å². The van der Waals surface area contributed by atoms with Gasteiger partial charge in [0.2, 0.25) is 15.9 Å². The summed E-state index contributed by atoms with van der Waals surface area (Å²) >= 11 is 0. The second kappa shape index (κ2) is 10.2. The van der Waals surface area contributed by atoms with Gasteiger partial charge in [-0.2, -0.15) is 0 Å². The monoisotopic (exact) mass is 475 g/mol. The van der Waals surface area contributed by atoms with Gasteiger partial charge in [-0.05, 0) is 22.9 Å². The summed E-state index contributed by atoms with van der Waals surface area (Å²) in [5, 5.41) is 7.36. The summed E-state index contributed by atoms with van der Waals surface area (Å²) in [6.45, 7) is 1.96. The number of hydrogen-bond acceptors (Lipinski definition) is 6. The maximum absolute atomic E-state index is 12.6. The highest BCUT2D eigenvalue weighted by atomic mass is 32.2. The molecule has 0 saturated carbocycles. The Kier molecular flexibility index (Phi) is 7.28. The van der Waals surface area contributed by atoms with E-state index in [0.29, 0.717) is 44.7 Å². The molecule has 2 fully saturated rings. The minimum absolute atomic E-state index is 0.0223. The molecule has 2 heterocycles. The Morgan fingerprint density at radius 2 is 1.64 bits per heavy atom. The summed E-state index contributed by atoms with van der Waals surface area (Å²) < 4.78 is 37.8. The van der Waals surface area contributed by atoms with Gasteiger partial charge in [-0.3, -0.25) is 9.59 Å². The van der Waals surface area contributed by atoms with Crippen molar-refractivity contribution in [1.82, 2.24) is 14.9 Å². The van der Waals surface area contributed by atoms with Gasteiger partial charge in [0.1, 0.15) is 0 Å². The topological polar surface area (TPSA) is 114 Å². The van der Waals surface area contributed by atoms with Crippen molar-refractivity contribution in [3.8, 4) is 0 Å². The zero-order valence-electron chi connectivity index (χ0n) is 18.4. The molecule has 0 unspecified atom stereocenters. The van der Waals surface area contributed by atoms with Gasteiger partial charge in [0.15, 0.2) is 5.79 Å². The average Bonchev–Trinajstić information content (AvgIpc) is 3.26. The fourth-order valence-corrected chi connectivity index (χ4v) is 5.51. The summed E-state index contributed by atoms with van der Waals surface area (Å²) in [6, 6.07) is 13.2. The van der Waals surface area contributed by atoms with Gasteiger partial charge in [0.05, 0.1) is 19.0 Å². The Bertz CT molecular complexity index is 1100. The lowest BCUT2D eigenvalue weighted by Crippen LogP contribution is -2.48. The largest absolute Gasteiger partial charge is 0.355 e. The molecule has 0 radical (unpaired) electrons. The molecular weight excluding hydrogens is 446 g/mol. The van der Waals surface area contributed by atoms with Crippen LogP contribution in [-0.2, 0) is 24.3 Å². The van der Waals surface area contributed by atoms with Crippen LogP contribution in [0.5, 0.6) is 0 Å². The first-order valence-electron chi connectivity index (χ1n) is 11.2. The predicted molar refractivity (Wildman–Crippen MR) is 123 cm³/mol. The van der Waals surface area contributed by atoms with Crippen molar-refractivity contribution in [2.24, 2.45) is 0 Å². The van der Waals surface area contributed by atoms with Crippen LogP contribution in [0.2, 0.25) is 0 Å². The number of carbonyl (C=O) groups excluding carboxylic acids is 2. The molecule has 1 spiro atoms. The summed E-state index contributed by atoms with van der Waals surface area (Å²) in [6.07, 6.45) is 1.09. The van der Waals surface area contributed by atoms with E-state index in [1.807, 2.05) is 36.4 Å². The van der Waals surface area contributed by atoms with Gasteiger partial charge >= 0.3 is 0 Å². The van der Waals surface area contributed by atoms with E-state index in [1.165, 1.54) is 4.31 Å². The molecule has 0 aliphatic carbocycles. The average molecular weight is 476 g/mol. The first kappa shape index (κ1) is 23.6. The van der Waals surface area contributed by atoms with Crippen LogP contribution in [0.4, 0.5) is 0 Å². The van der Waals surface area contributed by atoms with Crippen LogP contribution in [0.1, 0.15) is 29.6 Å². The molecule has 0 atom stereocenters. The van der Waals surface area contributed by atoms with Gasteiger partial charge < -0.3 is 20.1 Å². The van der Waals surface area contributed by atoms with E-state index in [0.717, 1.165) is 10.8 Å². The van der Waals surface area contributed by atoms with Crippen LogP contribution < -0.4 is 10.6 Å². The predicted octanol–water partition coefficient (Wildman–Crippen LogP) is 1.24. The number of amides is 2. The van der Waals surface area contributed by atoms with Crippen molar-refractivity contribution in [2.75, 3.05) is 45.1 Å². The van der Waals surface area contributed by atoms with Crippen LogP contribution in [-0.4, -0.2) is 75.5 Å². The number of nitrogens with zero attached hydrogens (tertiary/aromatic N) is 1. The van der Waals surface area contributed by atoms with Crippen LogP contribution in [0, 0.1) is 0 Å². The third-order valence-electron chi connectivity index (χ3n) is 6.02. The third-order valence-corrected chi connectivity index (χ3v) is 7.89. The Balaban J connectivity index is 1.15. The standard InChI is InChI=1S/C23H29N3O6S/c27-21(7-10-25-22(28)20-6-5-18-3-1-2-4-19(18)17-20)24-11-16-33(29,30)26-12-8-23(9-13-26)31-14-15-32-23/h1-6,17H,7-16H2,(H,24,27)(H,25,28). The lowest BCUT2D eigenvalue weighted by atomic mass is 10.1. The van der Waals surface area contributed by atoms with Gasteiger partial charge in [0.25, 0.3) is 5.91 Å². The Morgan fingerprint density at radius 1 is 0.939 bits per heavy atom. The summed E-state index contributed by atoms with van der Waals surface area (Å²) in [4.78, 5) is 24.4. The normalized spacial score (nSPS) is 18.4. The zero-order chi connectivity index (χ0) is 23.3. The van der Waals surface area contributed by atoms with Crippen LogP contribution in [0.25, 0.3) is 10.8 Å². The van der Waals surface area contributed by atoms with E-state index in [2.05, 4.69) is 10.6 Å². The van der Waals surface area contributed by atoms with E-state index in [4.69, 9.17) is 9.47 Å². The molecule has 9 nitrogen and oxygen atoms in total. The summed E-state index contributed by atoms with van der Waals surface area (Å²) in [5.74, 6) is -1.36. The Morgan fingerprint density at radius 3 is 2.36 bits per heavy atom. The molecule has 2 saturated heterocycles. The van der Waals surface area contributed by atoms with Gasteiger partial charge in [0, 0.05) is 51.0 Å². The minimum Gasteiger partial charge on any atom is -0.355 e. The van der Waals surface area contributed by atoms with E-state index in [9.17, 15) is 18.0 Å². The van der Waals surface area contributed by atoms with Gasteiger partial charge in [-0.15, -0.1) is 0 Å². The molecule has 0 bridgehead atoms. The molecule has 33 heavy (non-hydrogen) atoms. The number of carbonyl (C=O) groups is 2. The number of piperidine rings is 1. The molecule has 2 aliphatic rings. The number of sulfonamides is 1. The van der Waals surface area contributed by atoms with Crippen molar-refractivity contribution in [1.29, 1.82) is 0 Å². The molecule has 178 valence electrons. The number of benzene rings is 2. The second-order valence-electron chi connectivity index (χ2n) is 8.24. The zero-order valence-corrected chi connectivity index (χ0v) is 19.2. The number of nitrogens with one attached hydrogen (secondary N) is 2. The minimum atomic E-state index is -3.48. The highest BCUT2D eigenvalue weighted by molar-refractivity contribution is 7.89. The number of fused-ring (bicyclic) bond motifs is 1. The highest BCUT2D eigenvalue weighted by Crippen LogP contribution is 2.32. The van der Waals surface area contributed by atoms with E-state index < -0.39 is 15.8 Å². The molecular formula is C23H29N3O6S. The maximum Gasteiger partial charge on any atom is 0.251 e. The SMILES string of the molecule is O=C(CCNC(=O)c1ccc2ccccc2c1)NCCS(=O)(=O)N1CCC2(CC1)OCCO2. The molecule has 2 aromatic rings. The molecule has 2 aromatic carbocycles. The van der Waals surface area contributed by atoms with Crippen molar-refractivity contribution >= 4 is 32.6 Å². The third kappa shape index (κ3) is 5.89. The highest BCUT2D eigenvalue weighted by Gasteiger charge is 2.42. The number of ether oxygens (including phenoxy) is 2. The van der Waals surface area contributed by atoms with E-state index >= 15 is 0 Å². The molecule has 4 rings (SSSR count). The van der Waals surface area contributed by atoms with Gasteiger partial charge in [-0.1, -0.05) is 30.3 Å². The molecule has 2 N–H and O–H groups in total. The maximum atomic E-state index is 12.6. The van der Waals surface area contributed by atoms with Crippen molar-refractivity contribution in [2.45, 2.75) is 25.0 Å². The van der Waals surface area contributed by atoms with Crippen molar-refractivity contribution in [3.63, 3.8) is 0 Å². The van der Waals surface area contributed by atoms with Crippen molar-refractivity contribution in [3.05, 3.63) is 48.0 Å². The molecule has 2 aliphatic heterocycles. The lowest BCUT2D eigenvalue weighted by Gasteiger charge is -2.36. The first-order valence-corrected chi connectivity index (χ1v) is 12.8. The summed E-state index contributed by atoms with van der Waals surface area (Å²) in [5.41, 5.74) is 0.525. The number of hydrogen-bond donors (Lipinski definition) is 2. The van der Waals surface area contributed by atoms with Crippen LogP contribution in [0.3, 0.4) is 0 Å². The Hall–Kier alpha value is -2.53. The van der Waals surface area contributed by atoms with Crippen molar-refractivity contribution < 1.29 is 27.5 Å². The fraction of sp³-hybridized carbons (Fsp3) is 0.478. The quantitative estimate of drug-likeness (QED) is 0.594.